The van der Waals surface area contributed by atoms with Crippen molar-refractivity contribution in [2.45, 2.75) is 26.1 Å². The molecule has 2 aromatic heterocycles. The number of halogens is 1. The van der Waals surface area contributed by atoms with Gasteiger partial charge in [0, 0.05) is 12.6 Å². The van der Waals surface area contributed by atoms with E-state index >= 15 is 0 Å². The van der Waals surface area contributed by atoms with Crippen LogP contribution in [0.5, 0.6) is 23.5 Å². The fourth-order valence-corrected chi connectivity index (χ4v) is 4.63. The molecule has 0 saturated heterocycles. The molecule has 10 nitrogen and oxygen atoms in total. The molecular weight excluding hydrogens is 514 g/mol. The number of furan rings is 1. The summed E-state index contributed by atoms with van der Waals surface area (Å²) in [6, 6.07) is 8.79. The monoisotopic (exact) mass is 547 g/mol. The number of aromatic nitrogens is 2. The first-order chi connectivity index (χ1) is 17.5. The van der Waals surface area contributed by atoms with Crippen molar-refractivity contribution >= 4 is 42.4 Å². The Bertz CT molecular complexity index is 1200. The van der Waals surface area contributed by atoms with Gasteiger partial charge in [0.05, 0.1) is 27.3 Å². The van der Waals surface area contributed by atoms with Crippen molar-refractivity contribution in [2.24, 2.45) is 0 Å². The first-order valence-corrected chi connectivity index (χ1v) is 15.7. The molecule has 0 unspecified atom stereocenters. The van der Waals surface area contributed by atoms with Gasteiger partial charge in [-0.2, -0.15) is 9.97 Å². The van der Waals surface area contributed by atoms with Crippen molar-refractivity contribution in [1.82, 2.24) is 14.9 Å². The largest absolute Gasteiger partial charge is 0.479 e. The second-order valence-electron chi connectivity index (χ2n) is 9.59. The van der Waals surface area contributed by atoms with E-state index in [-0.39, 0.29) is 29.2 Å². The van der Waals surface area contributed by atoms with Crippen molar-refractivity contribution in [2.75, 3.05) is 52.0 Å². The molecule has 0 saturated carbocycles. The number of anilines is 2. The maximum Gasteiger partial charge on any atom is 0.291 e. The van der Waals surface area contributed by atoms with E-state index in [1.54, 1.807) is 12.1 Å². The standard InChI is InChI=1S/C25H34ClN5O5Si/c1-31(2)14-8-13-27-25-29-23(33-3)21(24(30-25)34-4)28-22(32)18-11-12-20(35-18)36-19-15-16(37(5,6)7)9-10-17(19)26/h9-12,15H,8,13-14H2,1-7H3,(H,28,32)(H,27,29,30). The number of carbonyl (C=O) groups excluding carboxylic acids is 1. The van der Waals surface area contributed by atoms with Gasteiger partial charge in [-0.05, 0) is 45.3 Å². The predicted octanol–water partition coefficient (Wildman–Crippen LogP) is 4.69. The number of hydrogen-bond acceptors (Lipinski definition) is 9. The van der Waals surface area contributed by atoms with Crippen LogP contribution in [-0.2, 0) is 0 Å². The van der Waals surface area contributed by atoms with Crippen molar-refractivity contribution in [3.63, 3.8) is 0 Å². The van der Waals surface area contributed by atoms with Gasteiger partial charge in [0.15, 0.2) is 11.4 Å². The molecule has 0 aliphatic rings. The van der Waals surface area contributed by atoms with E-state index in [1.165, 1.54) is 25.5 Å². The number of rotatable bonds is 12. The molecule has 1 aromatic carbocycles. The second-order valence-corrected chi connectivity index (χ2v) is 15.1. The molecule has 0 spiro atoms. The minimum atomic E-state index is -1.57. The number of nitrogens with zero attached hydrogens (tertiary/aromatic N) is 3. The van der Waals surface area contributed by atoms with Gasteiger partial charge in [-0.15, -0.1) is 0 Å². The van der Waals surface area contributed by atoms with Crippen LogP contribution in [0.25, 0.3) is 0 Å². The van der Waals surface area contributed by atoms with Gasteiger partial charge in [0.25, 0.3) is 11.9 Å². The molecule has 0 radical (unpaired) electrons. The zero-order valence-corrected chi connectivity index (χ0v) is 24.0. The highest BCUT2D eigenvalue weighted by Crippen LogP contribution is 2.34. The van der Waals surface area contributed by atoms with E-state index in [2.05, 4.69) is 45.1 Å². The molecule has 37 heavy (non-hydrogen) atoms. The fraction of sp³-hybridized carbons (Fsp3) is 0.400. The van der Waals surface area contributed by atoms with Crippen molar-refractivity contribution in [1.29, 1.82) is 0 Å². The fourth-order valence-electron chi connectivity index (χ4n) is 3.33. The molecule has 0 aliphatic carbocycles. The highest BCUT2D eigenvalue weighted by atomic mass is 35.5. The van der Waals surface area contributed by atoms with Gasteiger partial charge in [0.2, 0.25) is 17.7 Å². The molecule has 3 rings (SSSR count). The molecule has 0 bridgehead atoms. The van der Waals surface area contributed by atoms with Crippen molar-refractivity contribution < 1.29 is 23.4 Å². The number of nitrogens with one attached hydrogen (secondary N) is 2. The first-order valence-electron chi connectivity index (χ1n) is 11.8. The number of benzene rings is 1. The van der Waals surface area contributed by atoms with Crippen molar-refractivity contribution in [3.8, 4) is 23.5 Å². The Morgan fingerprint density at radius 3 is 2.35 bits per heavy atom. The molecule has 12 heteroatoms. The van der Waals surface area contributed by atoms with E-state index in [0.29, 0.717) is 23.3 Å². The number of carbonyl (C=O) groups is 1. The number of hydrogen-bond donors (Lipinski definition) is 2. The Kier molecular flexibility index (Phi) is 9.41. The lowest BCUT2D eigenvalue weighted by atomic mass is 10.3. The van der Waals surface area contributed by atoms with Crippen LogP contribution in [-0.4, -0.2) is 70.3 Å². The van der Waals surface area contributed by atoms with Gasteiger partial charge >= 0.3 is 0 Å². The summed E-state index contributed by atoms with van der Waals surface area (Å²) in [7, 11) is 5.34. The predicted molar refractivity (Wildman–Crippen MR) is 148 cm³/mol. The van der Waals surface area contributed by atoms with Crippen LogP contribution in [0, 0.1) is 0 Å². The highest BCUT2D eigenvalue weighted by Gasteiger charge is 2.22. The minimum Gasteiger partial charge on any atom is -0.479 e. The highest BCUT2D eigenvalue weighted by molar-refractivity contribution is 6.88. The number of ether oxygens (including phenoxy) is 3. The van der Waals surface area contributed by atoms with Crippen molar-refractivity contribution in [3.05, 3.63) is 41.1 Å². The van der Waals surface area contributed by atoms with Gasteiger partial charge in [0.1, 0.15) is 5.75 Å². The van der Waals surface area contributed by atoms with Crippen LogP contribution in [0.3, 0.4) is 0 Å². The summed E-state index contributed by atoms with van der Waals surface area (Å²) < 4.78 is 22.3. The van der Waals surface area contributed by atoms with Gasteiger partial charge in [-0.3, -0.25) is 4.79 Å². The van der Waals surface area contributed by atoms with Crippen LogP contribution >= 0.6 is 11.6 Å². The van der Waals surface area contributed by atoms with E-state index in [0.717, 1.165) is 13.0 Å². The third-order valence-corrected chi connectivity index (χ3v) is 7.70. The van der Waals surface area contributed by atoms with Crippen LogP contribution in [0.2, 0.25) is 24.7 Å². The maximum absolute atomic E-state index is 13.0. The van der Waals surface area contributed by atoms with E-state index in [1.807, 2.05) is 26.2 Å². The summed E-state index contributed by atoms with van der Waals surface area (Å²) in [5.41, 5.74) is 0.179. The molecule has 200 valence electrons. The number of amides is 1. The lowest BCUT2D eigenvalue weighted by Crippen LogP contribution is -2.37. The molecule has 2 heterocycles. The third-order valence-electron chi connectivity index (χ3n) is 5.35. The van der Waals surface area contributed by atoms with Gasteiger partial charge in [-0.25, -0.2) is 0 Å². The van der Waals surface area contributed by atoms with Crippen LogP contribution in [0.15, 0.2) is 34.7 Å². The Morgan fingerprint density at radius 2 is 1.76 bits per heavy atom. The molecular formula is C25H34ClN5O5Si. The first kappa shape index (κ1) is 28.3. The maximum atomic E-state index is 13.0. The molecule has 0 aliphatic heterocycles. The van der Waals surface area contributed by atoms with E-state index < -0.39 is 14.0 Å². The lowest BCUT2D eigenvalue weighted by Gasteiger charge is -2.17. The quantitative estimate of drug-likeness (QED) is 0.246. The number of methoxy groups -OCH3 is 2. The molecule has 0 atom stereocenters. The van der Waals surface area contributed by atoms with Crippen LogP contribution in [0.1, 0.15) is 17.0 Å². The minimum absolute atomic E-state index is 0.0162. The smallest absolute Gasteiger partial charge is 0.291 e. The normalized spacial score (nSPS) is 11.4. The molecule has 0 fully saturated rings. The third kappa shape index (κ3) is 7.60. The topological polar surface area (TPSA) is 111 Å². The summed E-state index contributed by atoms with van der Waals surface area (Å²) in [5, 5.41) is 7.48. The molecule has 1 amide bonds. The van der Waals surface area contributed by atoms with E-state index in [4.69, 9.17) is 30.2 Å². The lowest BCUT2D eigenvalue weighted by molar-refractivity contribution is 0.0990. The Hall–Kier alpha value is -3.28. The second kappa shape index (κ2) is 12.3. The average molecular weight is 548 g/mol. The SMILES string of the molecule is COc1nc(NCCCN(C)C)nc(OC)c1NC(=O)c1ccc(Oc2cc([Si](C)(C)C)ccc2Cl)o1. The Balaban J connectivity index is 1.74. The molecule has 2 N–H and O–H groups in total. The van der Waals surface area contributed by atoms with Crippen LogP contribution in [0.4, 0.5) is 11.6 Å². The summed E-state index contributed by atoms with van der Waals surface area (Å²) >= 11 is 6.33. The zero-order valence-electron chi connectivity index (χ0n) is 22.3. The molecule has 3 aromatic rings. The average Bonchev–Trinajstić information content (AvgIpc) is 3.31. The Labute approximate surface area is 223 Å². The summed E-state index contributed by atoms with van der Waals surface area (Å²) in [5.74, 6) is 0.685. The van der Waals surface area contributed by atoms with Gasteiger partial charge in [-0.1, -0.05) is 42.5 Å². The van der Waals surface area contributed by atoms with Crippen LogP contribution < -0.4 is 30.0 Å². The summed E-state index contributed by atoms with van der Waals surface area (Å²) in [6.07, 6.45) is 0.899. The van der Waals surface area contributed by atoms with Gasteiger partial charge < -0.3 is 34.2 Å². The zero-order chi connectivity index (χ0) is 27.2. The van der Waals surface area contributed by atoms with E-state index in [9.17, 15) is 4.79 Å². The Morgan fingerprint density at radius 1 is 1.08 bits per heavy atom. The summed E-state index contributed by atoms with van der Waals surface area (Å²) in [4.78, 5) is 23.7. The summed E-state index contributed by atoms with van der Waals surface area (Å²) in [6.45, 7) is 8.27.